The van der Waals surface area contributed by atoms with Crippen molar-refractivity contribution in [1.82, 2.24) is 0 Å². The minimum absolute atomic E-state index is 0.111. The molecule has 0 saturated heterocycles. The normalized spacial score (nSPS) is 13.7. The molecule has 1 unspecified atom stereocenters. The molecule has 0 aliphatic rings. The second kappa shape index (κ2) is 6.02. The molecule has 0 amide bonds. The smallest absolute Gasteiger partial charge is 0.456 e. The fourth-order valence-electron chi connectivity index (χ4n) is 0.730. The second-order valence-electron chi connectivity index (χ2n) is 3.21. The topological polar surface area (TPSA) is 93.1 Å². The molecule has 15 heavy (non-hydrogen) atoms. The molecule has 0 aliphatic carbocycles. The van der Waals surface area contributed by atoms with Gasteiger partial charge in [-0.15, -0.1) is 0 Å². The Morgan fingerprint density at radius 2 is 2.07 bits per heavy atom. The zero-order chi connectivity index (χ0) is 12.1. The molecule has 0 aliphatic heterocycles. The van der Waals surface area contributed by atoms with Gasteiger partial charge in [-0.25, -0.2) is 9.36 Å². The molecular formula is C8H15O6P. The molecule has 0 spiro atoms. The standard InChI is InChI=1S/C8H15O6P/c1-4-8(9)14-7(6(2)3)5-13-15(10,11)12/h4,6-7H,1,5H2,2-3H3,(H2,10,11,12). The number of rotatable bonds is 6. The van der Waals surface area contributed by atoms with Crippen molar-refractivity contribution in [2.24, 2.45) is 5.92 Å². The number of carbonyl (C=O) groups is 1. The van der Waals surface area contributed by atoms with Crippen molar-refractivity contribution in [3.05, 3.63) is 12.7 Å². The first-order chi connectivity index (χ1) is 6.76. The van der Waals surface area contributed by atoms with E-state index in [1.807, 2.05) is 0 Å². The predicted molar refractivity (Wildman–Crippen MR) is 52.9 cm³/mol. The first-order valence-corrected chi connectivity index (χ1v) is 5.82. The first kappa shape index (κ1) is 14.3. The molecule has 88 valence electrons. The Hall–Kier alpha value is -0.680. The van der Waals surface area contributed by atoms with Gasteiger partial charge in [-0.2, -0.15) is 0 Å². The van der Waals surface area contributed by atoms with Crippen LogP contribution in [0.5, 0.6) is 0 Å². The number of hydrogen-bond acceptors (Lipinski definition) is 4. The van der Waals surface area contributed by atoms with Crippen LogP contribution in [0.4, 0.5) is 0 Å². The molecular weight excluding hydrogens is 223 g/mol. The fraction of sp³-hybridized carbons (Fsp3) is 0.625. The molecule has 7 heteroatoms. The highest BCUT2D eigenvalue weighted by atomic mass is 31.2. The van der Waals surface area contributed by atoms with E-state index >= 15 is 0 Å². The number of ether oxygens (including phenoxy) is 1. The van der Waals surface area contributed by atoms with Crippen molar-refractivity contribution in [1.29, 1.82) is 0 Å². The molecule has 0 aromatic rings. The molecule has 0 rings (SSSR count). The maximum Gasteiger partial charge on any atom is 0.469 e. The molecule has 0 aromatic heterocycles. The fourth-order valence-corrected chi connectivity index (χ4v) is 1.07. The number of esters is 1. The number of phosphoric acid groups is 1. The zero-order valence-corrected chi connectivity index (χ0v) is 9.52. The van der Waals surface area contributed by atoms with Crippen LogP contribution in [-0.2, 0) is 18.6 Å². The average Bonchev–Trinajstić information content (AvgIpc) is 2.09. The van der Waals surface area contributed by atoms with Crippen LogP contribution in [0.25, 0.3) is 0 Å². The van der Waals surface area contributed by atoms with E-state index < -0.39 is 19.9 Å². The largest absolute Gasteiger partial charge is 0.469 e. The van der Waals surface area contributed by atoms with E-state index in [4.69, 9.17) is 14.5 Å². The lowest BCUT2D eigenvalue weighted by molar-refractivity contribution is -0.147. The van der Waals surface area contributed by atoms with E-state index in [1.165, 1.54) is 0 Å². The van der Waals surface area contributed by atoms with Crippen LogP contribution in [0.1, 0.15) is 13.8 Å². The molecule has 0 radical (unpaired) electrons. The maximum absolute atomic E-state index is 10.9. The van der Waals surface area contributed by atoms with E-state index in [2.05, 4.69) is 11.1 Å². The molecule has 2 N–H and O–H groups in total. The number of phosphoric ester groups is 1. The summed E-state index contributed by atoms with van der Waals surface area (Å²) in [7, 11) is -4.53. The van der Waals surface area contributed by atoms with E-state index in [0.29, 0.717) is 0 Å². The first-order valence-electron chi connectivity index (χ1n) is 4.29. The summed E-state index contributed by atoms with van der Waals surface area (Å²) in [4.78, 5) is 27.8. The SMILES string of the molecule is C=CC(=O)OC(COP(=O)(O)O)C(C)C. The predicted octanol–water partition coefficient (Wildman–Crippen LogP) is 0.849. The maximum atomic E-state index is 10.9. The van der Waals surface area contributed by atoms with Crippen LogP contribution in [0.3, 0.4) is 0 Å². The van der Waals surface area contributed by atoms with Gasteiger partial charge in [0.1, 0.15) is 6.10 Å². The van der Waals surface area contributed by atoms with E-state index in [1.54, 1.807) is 13.8 Å². The number of hydrogen-bond donors (Lipinski definition) is 2. The van der Waals surface area contributed by atoms with Crippen molar-refractivity contribution in [2.75, 3.05) is 6.61 Å². The summed E-state index contributed by atoms with van der Waals surface area (Å²) in [6.45, 7) is 6.35. The molecule has 0 saturated carbocycles. The van der Waals surface area contributed by atoms with E-state index in [-0.39, 0.29) is 12.5 Å². The summed E-state index contributed by atoms with van der Waals surface area (Å²) in [5, 5.41) is 0. The molecule has 6 nitrogen and oxygen atoms in total. The Morgan fingerprint density at radius 3 is 2.40 bits per heavy atom. The third-order valence-electron chi connectivity index (χ3n) is 1.58. The highest BCUT2D eigenvalue weighted by molar-refractivity contribution is 7.46. The lowest BCUT2D eigenvalue weighted by Gasteiger charge is -2.20. The highest BCUT2D eigenvalue weighted by Gasteiger charge is 2.22. The molecule has 0 heterocycles. The van der Waals surface area contributed by atoms with Crippen LogP contribution in [0.15, 0.2) is 12.7 Å². The van der Waals surface area contributed by atoms with E-state index in [0.717, 1.165) is 6.08 Å². The van der Waals surface area contributed by atoms with Crippen LogP contribution in [0, 0.1) is 5.92 Å². The van der Waals surface area contributed by atoms with Gasteiger partial charge in [0.25, 0.3) is 0 Å². The van der Waals surface area contributed by atoms with Gasteiger partial charge in [0.15, 0.2) is 0 Å². The molecule has 0 aromatic carbocycles. The highest BCUT2D eigenvalue weighted by Crippen LogP contribution is 2.36. The van der Waals surface area contributed by atoms with Crippen LogP contribution in [-0.4, -0.2) is 28.5 Å². The summed E-state index contributed by atoms with van der Waals surface area (Å²) >= 11 is 0. The third-order valence-corrected chi connectivity index (χ3v) is 2.07. The Balaban J connectivity index is 4.23. The lowest BCUT2D eigenvalue weighted by atomic mass is 10.1. The molecule has 0 bridgehead atoms. The average molecular weight is 238 g/mol. The van der Waals surface area contributed by atoms with Crippen molar-refractivity contribution < 1.29 is 28.4 Å². The third kappa shape index (κ3) is 7.27. The van der Waals surface area contributed by atoms with Gasteiger partial charge in [-0.1, -0.05) is 20.4 Å². The van der Waals surface area contributed by atoms with Gasteiger partial charge >= 0.3 is 13.8 Å². The monoisotopic (exact) mass is 238 g/mol. The lowest BCUT2D eigenvalue weighted by Crippen LogP contribution is -2.27. The van der Waals surface area contributed by atoms with Gasteiger partial charge in [-0.3, -0.25) is 4.52 Å². The van der Waals surface area contributed by atoms with Gasteiger partial charge in [0.2, 0.25) is 0 Å². The Kier molecular flexibility index (Phi) is 5.75. The molecule has 0 fully saturated rings. The van der Waals surface area contributed by atoms with Crippen molar-refractivity contribution in [3.8, 4) is 0 Å². The number of carbonyl (C=O) groups excluding carboxylic acids is 1. The van der Waals surface area contributed by atoms with Crippen molar-refractivity contribution in [2.45, 2.75) is 20.0 Å². The van der Waals surface area contributed by atoms with Gasteiger partial charge < -0.3 is 14.5 Å². The summed E-state index contributed by atoms with van der Waals surface area (Å²) in [6, 6.07) is 0. The molecule has 1 atom stereocenters. The zero-order valence-electron chi connectivity index (χ0n) is 8.62. The van der Waals surface area contributed by atoms with Crippen molar-refractivity contribution >= 4 is 13.8 Å². The van der Waals surface area contributed by atoms with Gasteiger partial charge in [0, 0.05) is 6.08 Å². The Labute approximate surface area is 88.1 Å². The summed E-state index contributed by atoms with van der Waals surface area (Å²) in [6.07, 6.45) is 0.274. The van der Waals surface area contributed by atoms with Crippen LogP contribution < -0.4 is 0 Å². The van der Waals surface area contributed by atoms with Crippen LogP contribution in [0.2, 0.25) is 0 Å². The minimum atomic E-state index is -4.53. The minimum Gasteiger partial charge on any atom is -0.456 e. The Bertz CT molecular complexity index is 268. The summed E-state index contributed by atoms with van der Waals surface area (Å²) in [5.41, 5.74) is 0. The van der Waals surface area contributed by atoms with Crippen LogP contribution >= 0.6 is 7.82 Å². The van der Waals surface area contributed by atoms with Gasteiger partial charge in [-0.05, 0) is 5.92 Å². The Morgan fingerprint density at radius 1 is 1.53 bits per heavy atom. The van der Waals surface area contributed by atoms with Gasteiger partial charge in [0.05, 0.1) is 6.61 Å². The summed E-state index contributed by atoms with van der Waals surface area (Å²) in [5.74, 6) is -0.761. The van der Waals surface area contributed by atoms with E-state index in [9.17, 15) is 9.36 Å². The summed E-state index contributed by atoms with van der Waals surface area (Å²) < 4.78 is 19.5. The quantitative estimate of drug-likeness (QED) is 0.405. The second-order valence-corrected chi connectivity index (χ2v) is 4.45. The van der Waals surface area contributed by atoms with Crippen molar-refractivity contribution in [3.63, 3.8) is 0 Å².